The van der Waals surface area contributed by atoms with Gasteiger partial charge in [0, 0.05) is 87.0 Å². The second-order valence-electron chi connectivity index (χ2n) is 18.9. The molecule has 1 unspecified atom stereocenters. The Morgan fingerprint density at radius 1 is 0.955 bits per heavy atom. The third-order valence-corrected chi connectivity index (χ3v) is 14.4. The predicted octanol–water partition coefficient (Wildman–Crippen LogP) is 3.94. The van der Waals surface area contributed by atoms with Crippen molar-refractivity contribution in [2.24, 2.45) is 5.41 Å². The van der Waals surface area contributed by atoms with Crippen LogP contribution in [0.15, 0.2) is 47.4 Å². The van der Waals surface area contributed by atoms with Gasteiger partial charge in [-0.2, -0.15) is 4.98 Å². The molecular formula is C47H53ClN10O8. The number of halogens is 1. The number of carbonyl (C=O) groups is 5. The third-order valence-electron chi connectivity index (χ3n) is 14.2. The van der Waals surface area contributed by atoms with E-state index < -0.39 is 29.7 Å². The minimum atomic E-state index is -0.980. The number of nitrogens with zero attached hydrogens (tertiary/aromatic N) is 7. The third kappa shape index (κ3) is 7.81. The summed E-state index contributed by atoms with van der Waals surface area (Å²) in [4.78, 5) is 93.6. The molecule has 3 N–H and O–H groups in total. The van der Waals surface area contributed by atoms with Crippen LogP contribution in [0, 0.1) is 12.3 Å². The first-order valence-electron chi connectivity index (χ1n) is 22.8. The number of aromatic nitrogens is 3. The van der Waals surface area contributed by atoms with E-state index in [1.54, 1.807) is 22.9 Å². The average molecular weight is 921 g/mol. The number of imide groups is 2. The number of likely N-dealkylation sites (tertiary alicyclic amines) is 1. The maximum absolute atomic E-state index is 13.6. The number of hydrogen-bond donors (Lipinski definition) is 3. The average Bonchev–Trinajstić information content (AvgIpc) is 3.50. The predicted molar refractivity (Wildman–Crippen MR) is 246 cm³/mol. The van der Waals surface area contributed by atoms with Crippen LogP contribution in [-0.4, -0.2) is 131 Å². The van der Waals surface area contributed by atoms with Gasteiger partial charge >= 0.3 is 0 Å². The highest BCUT2D eigenvalue weighted by molar-refractivity contribution is 6.33. The van der Waals surface area contributed by atoms with E-state index in [1.165, 1.54) is 7.05 Å². The molecular weight excluding hydrogens is 868 g/mol. The lowest BCUT2D eigenvalue weighted by Crippen LogP contribution is -2.75. The topological polar surface area (TPSA) is 201 Å². The van der Waals surface area contributed by atoms with Gasteiger partial charge in [-0.1, -0.05) is 11.6 Å². The molecule has 5 aliphatic heterocycles. The maximum atomic E-state index is 13.6. The minimum absolute atomic E-state index is 0.0884. The molecule has 5 fully saturated rings. The first kappa shape index (κ1) is 43.8. The van der Waals surface area contributed by atoms with Gasteiger partial charge in [0.2, 0.25) is 17.8 Å². The summed E-state index contributed by atoms with van der Waals surface area (Å²) in [5, 5.41) is 9.21. The van der Waals surface area contributed by atoms with Gasteiger partial charge in [-0.3, -0.25) is 43.9 Å². The summed E-state index contributed by atoms with van der Waals surface area (Å²) >= 11 is 6.60. The number of fused-ring (bicyclic) bond motifs is 2. The second kappa shape index (κ2) is 17.0. The normalized spacial score (nSPS) is 22.9. The lowest BCUT2D eigenvalue weighted by Gasteiger charge is -2.64. The number of benzene rings is 2. The van der Waals surface area contributed by atoms with E-state index in [0.29, 0.717) is 39.6 Å². The van der Waals surface area contributed by atoms with Crippen LogP contribution in [0.25, 0.3) is 10.9 Å². The fourth-order valence-corrected chi connectivity index (χ4v) is 10.8. The van der Waals surface area contributed by atoms with Gasteiger partial charge in [-0.05, 0) is 94.8 Å². The Labute approximate surface area is 385 Å². The van der Waals surface area contributed by atoms with Gasteiger partial charge in [-0.25, -0.2) is 4.98 Å². The quantitative estimate of drug-likeness (QED) is 0.173. The van der Waals surface area contributed by atoms with Crippen LogP contribution in [-0.2, 0) is 19.1 Å². The highest BCUT2D eigenvalue weighted by Crippen LogP contribution is 2.47. The molecule has 5 amide bonds. The minimum Gasteiger partial charge on any atom is -0.478 e. The van der Waals surface area contributed by atoms with E-state index in [1.807, 2.05) is 45.0 Å². The Morgan fingerprint density at radius 3 is 2.42 bits per heavy atom. The molecule has 1 aliphatic carbocycles. The van der Waals surface area contributed by atoms with Crippen LogP contribution in [0.5, 0.6) is 5.75 Å². The van der Waals surface area contributed by atoms with Crippen LogP contribution < -0.4 is 36.0 Å². The smallest absolute Gasteiger partial charge is 0.293 e. The number of amides is 5. The van der Waals surface area contributed by atoms with E-state index in [2.05, 4.69) is 35.6 Å². The second-order valence-corrected chi connectivity index (χ2v) is 19.3. The molecule has 1 saturated carbocycles. The number of ether oxygens (including phenoxy) is 2. The van der Waals surface area contributed by atoms with Crippen LogP contribution in [0.1, 0.15) is 84.7 Å². The number of anilines is 4. The van der Waals surface area contributed by atoms with Crippen LogP contribution in [0.2, 0.25) is 5.02 Å². The number of hydrogen-bond acceptors (Lipinski definition) is 14. The van der Waals surface area contributed by atoms with Crippen molar-refractivity contribution in [3.05, 3.63) is 74.7 Å². The molecule has 4 aromatic rings. The standard InChI is InChI=1S/C47H53ClN10O8/c1-25(2)57-35-7-5-28(15-27(35)16-37(44(57)63)65-20-39(60)49-4)51-41-33(48)19-50-46(53-41)54-13-11-30(12-14-54)66-31-17-29(18-31)55-21-47(22-55)23-56(24-47)34-8-6-32-40(26(34)3)45(64)58(43(32)62)36-9-10-38(59)52-42(36)61/h5-8,15-16,19,25,29-31,36H,9-14,17-18,20-24H2,1-4H3,(H,49,60)(H,50,51,53)(H,52,59,61). The molecule has 18 nitrogen and oxygen atoms in total. The summed E-state index contributed by atoms with van der Waals surface area (Å²) in [6, 6.07) is 10.3. The van der Waals surface area contributed by atoms with Crippen molar-refractivity contribution in [1.29, 1.82) is 0 Å². The molecule has 19 heteroatoms. The summed E-state index contributed by atoms with van der Waals surface area (Å²) in [7, 11) is 1.51. The van der Waals surface area contributed by atoms with Gasteiger partial charge in [0.15, 0.2) is 18.2 Å². The van der Waals surface area contributed by atoms with Crippen molar-refractivity contribution in [3.63, 3.8) is 0 Å². The van der Waals surface area contributed by atoms with Crippen molar-refractivity contribution < 1.29 is 33.4 Å². The van der Waals surface area contributed by atoms with Crippen LogP contribution >= 0.6 is 11.6 Å². The molecule has 2 aromatic heterocycles. The van der Waals surface area contributed by atoms with Crippen molar-refractivity contribution in [2.75, 3.05) is 68.0 Å². The van der Waals surface area contributed by atoms with E-state index in [4.69, 9.17) is 26.1 Å². The Hall–Kier alpha value is -6.11. The molecule has 0 bridgehead atoms. The van der Waals surface area contributed by atoms with Crippen LogP contribution in [0.4, 0.5) is 23.1 Å². The van der Waals surface area contributed by atoms with E-state index in [9.17, 15) is 28.8 Å². The molecule has 6 aliphatic rings. The maximum Gasteiger partial charge on any atom is 0.293 e. The Morgan fingerprint density at radius 2 is 1.71 bits per heavy atom. The monoisotopic (exact) mass is 920 g/mol. The van der Waals surface area contributed by atoms with Crippen molar-refractivity contribution in [1.82, 2.24) is 35.0 Å². The number of nitrogens with one attached hydrogen (secondary N) is 3. The lowest BCUT2D eigenvalue weighted by atomic mass is 9.69. The summed E-state index contributed by atoms with van der Waals surface area (Å²) in [6.07, 6.45) is 6.00. The van der Waals surface area contributed by atoms with E-state index in [0.717, 1.165) is 92.0 Å². The Bertz CT molecular complexity index is 2730. The largest absolute Gasteiger partial charge is 0.478 e. The highest BCUT2D eigenvalue weighted by Gasteiger charge is 2.55. The zero-order valence-corrected chi connectivity index (χ0v) is 38.2. The SMILES string of the molecule is CNC(=O)COc1cc2cc(Nc3nc(N4CCC(OC5CC(N6CC7(CN(c8ccc9c(c8C)C(=O)N(C8CCC(=O)NC8=O)C9=O)C7)C6)C5)CC4)ncc3Cl)ccc2n(C(C)C)c1=O. The van der Waals surface area contributed by atoms with E-state index in [-0.39, 0.29) is 60.3 Å². The molecule has 0 radical (unpaired) electrons. The number of rotatable bonds is 12. The molecule has 7 heterocycles. The summed E-state index contributed by atoms with van der Waals surface area (Å²) in [6.45, 7) is 10.8. The number of piperidine rings is 2. The number of likely N-dealkylation sites (N-methyl/N-ethyl adjacent to an activating group) is 1. The number of carbonyl (C=O) groups excluding carboxylic acids is 5. The Balaban J connectivity index is 0.687. The fraction of sp³-hybridized carbons (Fsp3) is 0.489. The van der Waals surface area contributed by atoms with Crippen molar-refractivity contribution in [2.45, 2.75) is 89.6 Å². The fourth-order valence-electron chi connectivity index (χ4n) is 10.6. The van der Waals surface area contributed by atoms with Gasteiger partial charge in [-0.15, -0.1) is 0 Å². The Kier molecular flexibility index (Phi) is 11.2. The van der Waals surface area contributed by atoms with E-state index >= 15 is 0 Å². The number of pyridine rings is 1. The van der Waals surface area contributed by atoms with Crippen molar-refractivity contribution in [3.8, 4) is 5.75 Å². The molecule has 10 rings (SSSR count). The van der Waals surface area contributed by atoms with Gasteiger partial charge in [0.1, 0.15) is 11.1 Å². The van der Waals surface area contributed by atoms with Gasteiger partial charge < -0.3 is 34.5 Å². The lowest BCUT2D eigenvalue weighted by molar-refractivity contribution is -0.136. The molecule has 346 valence electrons. The molecule has 66 heavy (non-hydrogen) atoms. The first-order valence-corrected chi connectivity index (χ1v) is 23.1. The molecule has 2 aromatic carbocycles. The highest BCUT2D eigenvalue weighted by atomic mass is 35.5. The molecule has 4 saturated heterocycles. The van der Waals surface area contributed by atoms with Crippen LogP contribution in [0.3, 0.4) is 0 Å². The zero-order chi connectivity index (χ0) is 46.2. The van der Waals surface area contributed by atoms with Gasteiger partial charge in [0.25, 0.3) is 23.3 Å². The van der Waals surface area contributed by atoms with Gasteiger partial charge in [0.05, 0.1) is 35.0 Å². The zero-order valence-electron chi connectivity index (χ0n) is 37.4. The summed E-state index contributed by atoms with van der Waals surface area (Å²) in [5.41, 5.74) is 3.70. The molecule has 1 spiro atoms. The molecule has 1 atom stereocenters. The summed E-state index contributed by atoms with van der Waals surface area (Å²) < 4.78 is 13.9. The first-order chi connectivity index (χ1) is 31.7. The summed E-state index contributed by atoms with van der Waals surface area (Å²) in [5.74, 6) is -1.16. The van der Waals surface area contributed by atoms with Crippen molar-refractivity contribution >= 4 is 75.2 Å².